The number of amides is 1. The Morgan fingerprint density at radius 1 is 1.19 bits per heavy atom. The summed E-state index contributed by atoms with van der Waals surface area (Å²) in [6.45, 7) is 2.46. The van der Waals surface area contributed by atoms with Gasteiger partial charge in [-0.3, -0.25) is 9.69 Å². The molecule has 2 aromatic carbocycles. The third kappa shape index (κ3) is 6.20. The summed E-state index contributed by atoms with van der Waals surface area (Å²) in [5.74, 6) is 0.300. The maximum absolute atomic E-state index is 13.1. The molecule has 27 heavy (non-hydrogen) atoms. The molecule has 2 aromatic rings. The molecule has 1 aliphatic heterocycles. The number of nitrogens with zero attached hydrogens (tertiary/aromatic N) is 1. The Kier molecular flexibility index (Phi) is 8.03. The number of nitrogens with one attached hydrogen (secondary N) is 1. The van der Waals surface area contributed by atoms with Crippen molar-refractivity contribution >= 4 is 18.3 Å². The summed E-state index contributed by atoms with van der Waals surface area (Å²) in [7, 11) is 0. The highest BCUT2D eigenvalue weighted by molar-refractivity contribution is 5.85. The number of likely N-dealkylation sites (tertiary alicyclic amines) is 1. The third-order valence-corrected chi connectivity index (χ3v) is 4.52. The molecule has 1 amide bonds. The lowest BCUT2D eigenvalue weighted by Gasteiger charge is -2.16. The first-order valence-electron chi connectivity index (χ1n) is 8.80. The van der Waals surface area contributed by atoms with E-state index in [2.05, 4.69) is 22.3 Å². The summed E-state index contributed by atoms with van der Waals surface area (Å²) in [5, 5.41) is 2.82. The van der Waals surface area contributed by atoms with Crippen LogP contribution in [0.1, 0.15) is 11.5 Å². The molecule has 1 aliphatic rings. The number of rotatable bonds is 7. The molecule has 2 atom stereocenters. The number of halogens is 2. The van der Waals surface area contributed by atoms with E-state index in [1.165, 1.54) is 17.7 Å². The number of ether oxygens (including phenoxy) is 1. The first-order chi connectivity index (χ1) is 12.6. The molecule has 1 saturated heterocycles. The van der Waals surface area contributed by atoms with Crippen LogP contribution in [0, 0.1) is 5.82 Å². The lowest BCUT2D eigenvalue weighted by molar-refractivity contribution is -0.122. The molecular formula is C20H25ClFN3O2. The van der Waals surface area contributed by atoms with Crippen LogP contribution in [0.15, 0.2) is 54.6 Å². The minimum absolute atomic E-state index is 0. The predicted molar refractivity (Wildman–Crippen MR) is 106 cm³/mol. The van der Waals surface area contributed by atoms with E-state index in [1.807, 2.05) is 18.2 Å². The molecule has 0 aliphatic carbocycles. The molecule has 1 fully saturated rings. The highest BCUT2D eigenvalue weighted by atomic mass is 35.5. The second-order valence-electron chi connectivity index (χ2n) is 6.53. The molecule has 0 aromatic heterocycles. The number of nitrogens with two attached hydrogens (primary N) is 1. The van der Waals surface area contributed by atoms with E-state index in [0.29, 0.717) is 32.0 Å². The number of hydrogen-bond donors (Lipinski definition) is 2. The standard InChI is InChI=1S/C20H24FN3O2.ClH/c21-16-7-4-8-17(11-16)26-10-9-23-20(25)14-24-12-18(19(22)13-24)15-5-2-1-3-6-15;/h1-8,11,18-19H,9-10,12-14,22H2,(H,23,25);1H/t18-,19+;/m0./s1. The Morgan fingerprint density at radius 3 is 2.70 bits per heavy atom. The van der Waals surface area contributed by atoms with Crippen LogP contribution < -0.4 is 15.8 Å². The quantitative estimate of drug-likeness (QED) is 0.707. The van der Waals surface area contributed by atoms with Gasteiger partial charge in [0.15, 0.2) is 0 Å². The molecule has 3 N–H and O–H groups in total. The highest BCUT2D eigenvalue weighted by Gasteiger charge is 2.31. The van der Waals surface area contributed by atoms with Crippen LogP contribution in [0.2, 0.25) is 0 Å². The van der Waals surface area contributed by atoms with E-state index in [9.17, 15) is 9.18 Å². The van der Waals surface area contributed by atoms with Crippen LogP contribution in [-0.4, -0.2) is 49.6 Å². The fraction of sp³-hybridized carbons (Fsp3) is 0.350. The van der Waals surface area contributed by atoms with Crippen molar-refractivity contribution in [3.8, 4) is 5.75 Å². The summed E-state index contributed by atoms with van der Waals surface area (Å²) in [4.78, 5) is 14.2. The molecular weight excluding hydrogens is 369 g/mol. The average Bonchev–Trinajstić information content (AvgIpc) is 3.00. The van der Waals surface area contributed by atoms with E-state index < -0.39 is 0 Å². The molecule has 0 spiro atoms. The van der Waals surface area contributed by atoms with Crippen LogP contribution >= 0.6 is 12.4 Å². The van der Waals surface area contributed by atoms with Gasteiger partial charge in [-0.15, -0.1) is 12.4 Å². The Bertz CT molecular complexity index is 732. The van der Waals surface area contributed by atoms with E-state index in [4.69, 9.17) is 10.5 Å². The maximum Gasteiger partial charge on any atom is 0.234 e. The first-order valence-corrected chi connectivity index (χ1v) is 8.80. The van der Waals surface area contributed by atoms with Crippen molar-refractivity contribution in [3.63, 3.8) is 0 Å². The van der Waals surface area contributed by atoms with E-state index in [-0.39, 0.29) is 36.1 Å². The van der Waals surface area contributed by atoms with Gasteiger partial charge in [-0.05, 0) is 17.7 Å². The summed E-state index contributed by atoms with van der Waals surface area (Å²) in [5.41, 5.74) is 7.47. The van der Waals surface area contributed by atoms with Gasteiger partial charge in [0.05, 0.1) is 13.1 Å². The largest absolute Gasteiger partial charge is 0.492 e. The van der Waals surface area contributed by atoms with Gasteiger partial charge in [-0.25, -0.2) is 4.39 Å². The summed E-state index contributed by atoms with van der Waals surface area (Å²) in [6.07, 6.45) is 0. The van der Waals surface area contributed by atoms with Gasteiger partial charge in [0.25, 0.3) is 0 Å². The Morgan fingerprint density at radius 2 is 1.96 bits per heavy atom. The van der Waals surface area contributed by atoms with Crippen LogP contribution in [-0.2, 0) is 4.79 Å². The molecule has 5 nitrogen and oxygen atoms in total. The summed E-state index contributed by atoms with van der Waals surface area (Å²) >= 11 is 0. The van der Waals surface area contributed by atoms with E-state index in [0.717, 1.165) is 6.54 Å². The fourth-order valence-electron chi connectivity index (χ4n) is 3.27. The van der Waals surface area contributed by atoms with E-state index >= 15 is 0 Å². The zero-order valence-corrected chi connectivity index (χ0v) is 15.8. The van der Waals surface area contributed by atoms with Crippen LogP contribution in [0.3, 0.4) is 0 Å². The van der Waals surface area contributed by atoms with Gasteiger partial charge in [0, 0.05) is 31.1 Å². The van der Waals surface area contributed by atoms with Crippen molar-refractivity contribution in [2.75, 3.05) is 32.8 Å². The van der Waals surface area contributed by atoms with Crippen molar-refractivity contribution < 1.29 is 13.9 Å². The lowest BCUT2D eigenvalue weighted by atomic mass is 9.95. The molecule has 0 unspecified atom stereocenters. The molecule has 7 heteroatoms. The molecule has 0 bridgehead atoms. The number of benzene rings is 2. The number of carbonyl (C=O) groups excluding carboxylic acids is 1. The van der Waals surface area contributed by atoms with Gasteiger partial charge in [0.1, 0.15) is 18.2 Å². The fourth-order valence-corrected chi connectivity index (χ4v) is 3.27. The lowest BCUT2D eigenvalue weighted by Crippen LogP contribution is -2.38. The Labute approximate surface area is 165 Å². The topological polar surface area (TPSA) is 67.6 Å². The SMILES string of the molecule is Cl.N[C@@H]1CN(CC(=O)NCCOc2cccc(F)c2)C[C@H]1c1ccccc1. The molecule has 0 radical (unpaired) electrons. The van der Waals surface area contributed by atoms with Gasteiger partial charge in [0.2, 0.25) is 5.91 Å². The number of hydrogen-bond acceptors (Lipinski definition) is 4. The minimum Gasteiger partial charge on any atom is -0.492 e. The summed E-state index contributed by atoms with van der Waals surface area (Å²) in [6, 6.07) is 16.1. The summed E-state index contributed by atoms with van der Waals surface area (Å²) < 4.78 is 18.5. The molecule has 1 heterocycles. The van der Waals surface area contributed by atoms with Crippen molar-refractivity contribution in [1.82, 2.24) is 10.2 Å². The van der Waals surface area contributed by atoms with Crippen molar-refractivity contribution in [1.29, 1.82) is 0 Å². The van der Waals surface area contributed by atoms with Crippen LogP contribution in [0.25, 0.3) is 0 Å². The normalized spacial score (nSPS) is 19.3. The zero-order chi connectivity index (χ0) is 18.4. The van der Waals surface area contributed by atoms with Crippen molar-refractivity contribution in [2.24, 2.45) is 5.73 Å². The third-order valence-electron chi connectivity index (χ3n) is 4.52. The van der Waals surface area contributed by atoms with Gasteiger partial charge >= 0.3 is 0 Å². The molecule has 0 saturated carbocycles. The number of carbonyl (C=O) groups is 1. The van der Waals surface area contributed by atoms with Gasteiger partial charge < -0.3 is 15.8 Å². The Balaban J connectivity index is 0.00000261. The zero-order valence-electron chi connectivity index (χ0n) is 15.0. The molecule has 3 rings (SSSR count). The predicted octanol–water partition coefficient (Wildman–Crippen LogP) is 2.17. The Hall–Kier alpha value is -2.15. The second kappa shape index (κ2) is 10.3. The van der Waals surface area contributed by atoms with Crippen LogP contribution in [0.4, 0.5) is 4.39 Å². The minimum atomic E-state index is -0.343. The average molecular weight is 394 g/mol. The monoisotopic (exact) mass is 393 g/mol. The van der Waals surface area contributed by atoms with Gasteiger partial charge in [-0.1, -0.05) is 36.4 Å². The first kappa shape index (κ1) is 21.2. The van der Waals surface area contributed by atoms with Crippen molar-refractivity contribution in [3.05, 3.63) is 66.0 Å². The highest BCUT2D eigenvalue weighted by Crippen LogP contribution is 2.25. The van der Waals surface area contributed by atoms with Crippen molar-refractivity contribution in [2.45, 2.75) is 12.0 Å². The maximum atomic E-state index is 13.1. The van der Waals surface area contributed by atoms with Gasteiger partial charge in [-0.2, -0.15) is 0 Å². The van der Waals surface area contributed by atoms with E-state index in [1.54, 1.807) is 12.1 Å². The molecule has 146 valence electrons. The smallest absolute Gasteiger partial charge is 0.234 e. The second-order valence-corrected chi connectivity index (χ2v) is 6.53. The van der Waals surface area contributed by atoms with Crippen LogP contribution in [0.5, 0.6) is 5.75 Å².